The van der Waals surface area contributed by atoms with Crippen molar-refractivity contribution in [3.8, 4) is 12.3 Å². The van der Waals surface area contributed by atoms with E-state index < -0.39 is 0 Å². The van der Waals surface area contributed by atoms with E-state index in [9.17, 15) is 4.79 Å². The average Bonchev–Trinajstić information content (AvgIpc) is 2.42. The van der Waals surface area contributed by atoms with Gasteiger partial charge in [-0.3, -0.25) is 4.79 Å². The summed E-state index contributed by atoms with van der Waals surface area (Å²) in [6.07, 6.45) is 19.1. The molecule has 0 aliphatic rings. The van der Waals surface area contributed by atoms with Crippen LogP contribution < -0.4 is 5.32 Å². The Kier molecular flexibility index (Phi) is 14.3. The Morgan fingerprint density at radius 1 is 0.947 bits per heavy atom. The van der Waals surface area contributed by atoms with Gasteiger partial charge in [0.15, 0.2) is 0 Å². The minimum Gasteiger partial charge on any atom is -0.356 e. The van der Waals surface area contributed by atoms with Crippen molar-refractivity contribution in [1.82, 2.24) is 5.32 Å². The lowest BCUT2D eigenvalue weighted by Gasteiger charge is -2.04. The van der Waals surface area contributed by atoms with Crippen molar-refractivity contribution in [2.75, 3.05) is 6.54 Å². The van der Waals surface area contributed by atoms with Crippen LogP contribution in [0.25, 0.3) is 0 Å². The third-order valence-corrected chi connectivity index (χ3v) is 3.33. The largest absolute Gasteiger partial charge is 0.356 e. The summed E-state index contributed by atoms with van der Waals surface area (Å²) in [6, 6.07) is 0. The highest BCUT2D eigenvalue weighted by Gasteiger charge is 1.99. The molecule has 0 saturated heterocycles. The summed E-state index contributed by atoms with van der Waals surface area (Å²) < 4.78 is 0. The van der Waals surface area contributed by atoms with Gasteiger partial charge >= 0.3 is 0 Å². The van der Waals surface area contributed by atoms with Gasteiger partial charge in [-0.05, 0) is 12.8 Å². The van der Waals surface area contributed by atoms with Gasteiger partial charge in [-0.15, -0.1) is 12.3 Å². The van der Waals surface area contributed by atoms with Crippen LogP contribution in [-0.4, -0.2) is 12.5 Å². The maximum Gasteiger partial charge on any atom is 0.219 e. The summed E-state index contributed by atoms with van der Waals surface area (Å²) in [5.41, 5.74) is 0. The second kappa shape index (κ2) is 15.1. The summed E-state index contributed by atoms with van der Waals surface area (Å²) in [5, 5.41) is 2.91. The zero-order valence-electron chi connectivity index (χ0n) is 12.7. The van der Waals surface area contributed by atoms with Crippen LogP contribution >= 0.6 is 0 Å². The molecule has 110 valence electrons. The van der Waals surface area contributed by atoms with Crippen LogP contribution in [0.2, 0.25) is 0 Å². The summed E-state index contributed by atoms with van der Waals surface area (Å²) in [5.74, 6) is 2.76. The maximum atomic E-state index is 11.5. The quantitative estimate of drug-likeness (QED) is 0.387. The highest BCUT2D eigenvalue weighted by molar-refractivity contribution is 5.75. The Hall–Kier alpha value is -0.970. The Bertz CT molecular complexity index is 242. The van der Waals surface area contributed by atoms with Crippen molar-refractivity contribution in [3.05, 3.63) is 0 Å². The molecule has 0 atom stereocenters. The van der Waals surface area contributed by atoms with E-state index in [2.05, 4.69) is 18.2 Å². The minimum absolute atomic E-state index is 0.181. The fraction of sp³-hybridized carbons (Fsp3) is 0.824. The molecule has 0 saturated carbocycles. The van der Waals surface area contributed by atoms with Crippen LogP contribution in [0.3, 0.4) is 0 Å². The van der Waals surface area contributed by atoms with Gasteiger partial charge in [0.2, 0.25) is 5.91 Å². The summed E-state index contributed by atoms with van der Waals surface area (Å²) in [7, 11) is 0. The molecule has 0 unspecified atom stereocenters. The molecule has 19 heavy (non-hydrogen) atoms. The fourth-order valence-corrected chi connectivity index (χ4v) is 2.10. The van der Waals surface area contributed by atoms with Crippen LogP contribution in [0.1, 0.15) is 84.0 Å². The predicted octanol–water partition coefficient (Wildman–Crippen LogP) is 4.44. The van der Waals surface area contributed by atoms with Gasteiger partial charge in [0, 0.05) is 19.4 Å². The fourth-order valence-electron chi connectivity index (χ4n) is 2.10. The van der Waals surface area contributed by atoms with E-state index in [-0.39, 0.29) is 5.91 Å². The lowest BCUT2D eigenvalue weighted by Crippen LogP contribution is -2.23. The molecule has 0 aromatic heterocycles. The van der Waals surface area contributed by atoms with E-state index in [1.54, 1.807) is 0 Å². The zero-order valence-corrected chi connectivity index (χ0v) is 12.7. The number of amides is 1. The standard InChI is InChI=1S/C17H31NO/c1-3-5-7-8-9-10-11-12-13-15-17(19)18-16-14-6-4-2/h2H,3,5-16H2,1H3,(H,18,19). The first-order valence-electron chi connectivity index (χ1n) is 8.01. The number of carbonyl (C=O) groups is 1. The lowest BCUT2D eigenvalue weighted by atomic mass is 10.1. The molecule has 0 heterocycles. The lowest BCUT2D eigenvalue weighted by molar-refractivity contribution is -0.121. The minimum atomic E-state index is 0.181. The second-order valence-electron chi connectivity index (χ2n) is 5.24. The molecule has 0 aliphatic carbocycles. The van der Waals surface area contributed by atoms with Gasteiger partial charge in [0.05, 0.1) is 0 Å². The monoisotopic (exact) mass is 265 g/mol. The molecular formula is C17H31NO. The van der Waals surface area contributed by atoms with Crippen molar-refractivity contribution in [1.29, 1.82) is 0 Å². The maximum absolute atomic E-state index is 11.5. The highest BCUT2D eigenvalue weighted by Crippen LogP contribution is 2.10. The normalized spacial score (nSPS) is 10.1. The van der Waals surface area contributed by atoms with E-state index in [0.29, 0.717) is 6.42 Å². The molecule has 0 spiro atoms. The average molecular weight is 265 g/mol. The van der Waals surface area contributed by atoms with Crippen molar-refractivity contribution >= 4 is 5.91 Å². The molecule has 0 aliphatic heterocycles. The molecule has 2 heteroatoms. The number of unbranched alkanes of at least 4 members (excludes halogenated alkanes) is 9. The van der Waals surface area contributed by atoms with E-state index in [4.69, 9.17) is 6.42 Å². The topological polar surface area (TPSA) is 29.1 Å². The molecule has 0 radical (unpaired) electrons. The Balaban J connectivity index is 3.12. The number of nitrogens with one attached hydrogen (secondary N) is 1. The van der Waals surface area contributed by atoms with E-state index >= 15 is 0 Å². The Morgan fingerprint density at radius 3 is 2.11 bits per heavy atom. The molecule has 0 rings (SSSR count). The van der Waals surface area contributed by atoms with E-state index in [1.807, 2.05) is 0 Å². The van der Waals surface area contributed by atoms with Crippen molar-refractivity contribution in [2.45, 2.75) is 84.0 Å². The van der Waals surface area contributed by atoms with Crippen LogP contribution in [-0.2, 0) is 4.79 Å². The molecule has 1 N–H and O–H groups in total. The Morgan fingerprint density at radius 2 is 1.53 bits per heavy atom. The molecular weight excluding hydrogens is 234 g/mol. The van der Waals surface area contributed by atoms with Crippen molar-refractivity contribution < 1.29 is 4.79 Å². The number of hydrogen-bond acceptors (Lipinski definition) is 1. The second-order valence-corrected chi connectivity index (χ2v) is 5.24. The van der Waals surface area contributed by atoms with Gasteiger partial charge < -0.3 is 5.32 Å². The highest BCUT2D eigenvalue weighted by atomic mass is 16.1. The Labute approximate surface area is 119 Å². The van der Waals surface area contributed by atoms with Crippen LogP contribution in [0.15, 0.2) is 0 Å². The third-order valence-electron chi connectivity index (χ3n) is 3.33. The first-order chi connectivity index (χ1) is 9.31. The molecule has 0 aromatic rings. The molecule has 1 amide bonds. The smallest absolute Gasteiger partial charge is 0.219 e. The van der Waals surface area contributed by atoms with E-state index in [0.717, 1.165) is 25.8 Å². The van der Waals surface area contributed by atoms with Crippen LogP contribution in [0, 0.1) is 12.3 Å². The molecule has 0 aromatic carbocycles. The van der Waals surface area contributed by atoms with Gasteiger partial charge in [-0.1, -0.05) is 58.3 Å². The van der Waals surface area contributed by atoms with Gasteiger partial charge in [-0.2, -0.15) is 0 Å². The summed E-state index contributed by atoms with van der Waals surface area (Å²) >= 11 is 0. The van der Waals surface area contributed by atoms with Crippen LogP contribution in [0.4, 0.5) is 0 Å². The third kappa shape index (κ3) is 15.0. The van der Waals surface area contributed by atoms with Gasteiger partial charge in [0.1, 0.15) is 0 Å². The SMILES string of the molecule is C#CCCCNC(=O)CCCCCCCCCCC. The van der Waals surface area contributed by atoms with Crippen molar-refractivity contribution in [2.24, 2.45) is 0 Å². The predicted molar refractivity (Wildman–Crippen MR) is 82.9 cm³/mol. The molecule has 2 nitrogen and oxygen atoms in total. The zero-order chi connectivity index (χ0) is 14.2. The molecule has 0 bridgehead atoms. The number of terminal acetylenes is 1. The summed E-state index contributed by atoms with van der Waals surface area (Å²) in [4.78, 5) is 11.5. The first-order valence-corrected chi connectivity index (χ1v) is 8.01. The number of rotatable bonds is 13. The first kappa shape index (κ1) is 18.0. The van der Waals surface area contributed by atoms with Gasteiger partial charge in [0.25, 0.3) is 0 Å². The van der Waals surface area contributed by atoms with Crippen molar-refractivity contribution in [3.63, 3.8) is 0 Å². The van der Waals surface area contributed by atoms with E-state index in [1.165, 1.54) is 51.4 Å². The van der Waals surface area contributed by atoms with Crippen LogP contribution in [0.5, 0.6) is 0 Å². The number of carbonyl (C=O) groups excluding carboxylic acids is 1. The summed E-state index contributed by atoms with van der Waals surface area (Å²) in [6.45, 7) is 2.97. The molecule has 0 fully saturated rings. The number of hydrogen-bond donors (Lipinski definition) is 1. The van der Waals surface area contributed by atoms with Gasteiger partial charge in [-0.25, -0.2) is 0 Å².